The lowest BCUT2D eigenvalue weighted by Gasteiger charge is -2.32. The highest BCUT2D eigenvalue weighted by atomic mass is 16.5. The second-order valence-corrected chi connectivity index (χ2v) is 6.55. The van der Waals surface area contributed by atoms with Crippen LogP contribution in [-0.4, -0.2) is 58.6 Å². The Morgan fingerprint density at radius 1 is 1.18 bits per heavy atom. The van der Waals surface area contributed by atoms with Crippen molar-refractivity contribution in [3.8, 4) is 0 Å². The van der Waals surface area contributed by atoms with Crippen LogP contribution in [0.3, 0.4) is 0 Å². The van der Waals surface area contributed by atoms with Crippen LogP contribution in [0.2, 0.25) is 0 Å². The fourth-order valence-electron chi connectivity index (χ4n) is 3.49. The summed E-state index contributed by atoms with van der Waals surface area (Å²) in [6, 6.07) is 0. The molecule has 2 aliphatic rings. The van der Waals surface area contributed by atoms with Gasteiger partial charge in [-0.25, -0.2) is 0 Å². The number of aryl methyl sites for hydroxylation is 1. The van der Waals surface area contributed by atoms with Gasteiger partial charge in [-0.3, -0.25) is 9.69 Å². The molecule has 0 bridgehead atoms. The SMILES string of the molecule is Cc1noc([C@H]2CCCN(CC(=O)N3CCCCCC3)C2)n1. The number of aromatic nitrogens is 2. The maximum Gasteiger partial charge on any atom is 0.236 e. The predicted octanol–water partition coefficient (Wildman–Crippen LogP) is 1.96. The summed E-state index contributed by atoms with van der Waals surface area (Å²) in [6.07, 6.45) is 6.96. The number of hydrogen-bond acceptors (Lipinski definition) is 5. The van der Waals surface area contributed by atoms with Crippen LogP contribution in [-0.2, 0) is 4.79 Å². The second-order valence-electron chi connectivity index (χ2n) is 6.55. The van der Waals surface area contributed by atoms with Crippen LogP contribution in [0, 0.1) is 6.92 Å². The summed E-state index contributed by atoms with van der Waals surface area (Å²) >= 11 is 0. The van der Waals surface area contributed by atoms with Crippen LogP contribution < -0.4 is 0 Å². The number of rotatable bonds is 3. The summed E-state index contributed by atoms with van der Waals surface area (Å²) in [6.45, 7) is 6.07. The molecular formula is C16H26N4O2. The van der Waals surface area contributed by atoms with Crippen molar-refractivity contribution in [2.45, 2.75) is 51.4 Å². The van der Waals surface area contributed by atoms with E-state index in [-0.39, 0.29) is 11.8 Å². The zero-order valence-electron chi connectivity index (χ0n) is 13.5. The Hall–Kier alpha value is -1.43. The molecule has 122 valence electrons. The van der Waals surface area contributed by atoms with Gasteiger partial charge in [0.25, 0.3) is 0 Å². The van der Waals surface area contributed by atoms with Gasteiger partial charge in [-0.15, -0.1) is 0 Å². The third-order valence-electron chi connectivity index (χ3n) is 4.72. The van der Waals surface area contributed by atoms with Crippen LogP contribution in [0.1, 0.15) is 56.2 Å². The van der Waals surface area contributed by atoms with Crippen molar-refractivity contribution < 1.29 is 9.32 Å². The summed E-state index contributed by atoms with van der Waals surface area (Å²) in [5, 5.41) is 3.88. The second kappa shape index (κ2) is 7.22. The lowest BCUT2D eigenvalue weighted by atomic mass is 9.98. The quantitative estimate of drug-likeness (QED) is 0.854. The molecule has 1 amide bonds. The number of piperidine rings is 1. The van der Waals surface area contributed by atoms with E-state index in [9.17, 15) is 4.79 Å². The van der Waals surface area contributed by atoms with E-state index < -0.39 is 0 Å². The first-order valence-electron chi connectivity index (χ1n) is 8.53. The Labute approximate surface area is 131 Å². The number of carbonyl (C=O) groups excluding carboxylic acids is 1. The highest BCUT2D eigenvalue weighted by molar-refractivity contribution is 5.78. The minimum Gasteiger partial charge on any atom is -0.342 e. The molecule has 2 fully saturated rings. The lowest BCUT2D eigenvalue weighted by molar-refractivity contribution is -0.132. The molecule has 3 heterocycles. The van der Waals surface area contributed by atoms with Crippen LogP contribution in [0.15, 0.2) is 4.52 Å². The van der Waals surface area contributed by atoms with Crippen molar-refractivity contribution in [2.75, 3.05) is 32.7 Å². The Bertz CT molecular complexity index is 494. The maximum atomic E-state index is 12.5. The van der Waals surface area contributed by atoms with E-state index in [1.807, 2.05) is 11.8 Å². The highest BCUT2D eigenvalue weighted by Crippen LogP contribution is 2.25. The van der Waals surface area contributed by atoms with Gasteiger partial charge in [0, 0.05) is 19.6 Å². The molecule has 0 spiro atoms. The largest absolute Gasteiger partial charge is 0.342 e. The molecule has 2 saturated heterocycles. The molecule has 3 rings (SSSR count). The van der Waals surface area contributed by atoms with E-state index in [2.05, 4.69) is 15.0 Å². The number of hydrogen-bond donors (Lipinski definition) is 0. The maximum absolute atomic E-state index is 12.5. The normalized spacial score (nSPS) is 24.2. The van der Waals surface area contributed by atoms with Crippen LogP contribution in [0.25, 0.3) is 0 Å². The zero-order chi connectivity index (χ0) is 15.4. The summed E-state index contributed by atoms with van der Waals surface area (Å²) in [7, 11) is 0. The van der Waals surface area contributed by atoms with E-state index in [0.717, 1.165) is 57.8 Å². The van der Waals surface area contributed by atoms with Gasteiger partial charge < -0.3 is 9.42 Å². The van der Waals surface area contributed by atoms with Crippen molar-refractivity contribution in [3.63, 3.8) is 0 Å². The molecule has 0 saturated carbocycles. The average Bonchev–Trinajstić information content (AvgIpc) is 2.78. The van der Waals surface area contributed by atoms with E-state index in [1.54, 1.807) is 0 Å². The number of nitrogens with zero attached hydrogens (tertiary/aromatic N) is 4. The molecule has 1 aromatic heterocycles. The molecule has 6 heteroatoms. The fourth-order valence-corrected chi connectivity index (χ4v) is 3.49. The lowest BCUT2D eigenvalue weighted by Crippen LogP contribution is -2.44. The van der Waals surface area contributed by atoms with Crippen molar-refractivity contribution in [2.24, 2.45) is 0 Å². The monoisotopic (exact) mass is 306 g/mol. The van der Waals surface area contributed by atoms with Crippen LogP contribution in [0.4, 0.5) is 0 Å². The minimum absolute atomic E-state index is 0.270. The summed E-state index contributed by atoms with van der Waals surface area (Å²) < 4.78 is 5.31. The van der Waals surface area contributed by atoms with Crippen molar-refractivity contribution >= 4 is 5.91 Å². The molecule has 22 heavy (non-hydrogen) atoms. The summed E-state index contributed by atoms with van der Waals surface area (Å²) in [5.41, 5.74) is 0. The zero-order valence-corrected chi connectivity index (χ0v) is 13.5. The van der Waals surface area contributed by atoms with Crippen molar-refractivity contribution in [1.29, 1.82) is 0 Å². The number of amides is 1. The average molecular weight is 306 g/mol. The van der Waals surface area contributed by atoms with E-state index in [0.29, 0.717) is 12.4 Å². The predicted molar refractivity (Wildman–Crippen MR) is 82.5 cm³/mol. The topological polar surface area (TPSA) is 62.5 Å². The van der Waals surface area contributed by atoms with E-state index in [4.69, 9.17) is 4.52 Å². The molecule has 1 aromatic rings. The first-order valence-corrected chi connectivity index (χ1v) is 8.53. The van der Waals surface area contributed by atoms with Crippen molar-refractivity contribution in [1.82, 2.24) is 19.9 Å². The Morgan fingerprint density at radius 2 is 1.95 bits per heavy atom. The fraction of sp³-hybridized carbons (Fsp3) is 0.812. The van der Waals surface area contributed by atoms with E-state index in [1.165, 1.54) is 12.8 Å². The molecule has 0 N–H and O–H groups in total. The van der Waals surface area contributed by atoms with Gasteiger partial charge in [0.2, 0.25) is 11.8 Å². The van der Waals surface area contributed by atoms with Gasteiger partial charge in [0.05, 0.1) is 12.5 Å². The molecule has 6 nitrogen and oxygen atoms in total. The van der Waals surface area contributed by atoms with Crippen LogP contribution in [0.5, 0.6) is 0 Å². The van der Waals surface area contributed by atoms with Gasteiger partial charge >= 0.3 is 0 Å². The molecule has 0 radical (unpaired) electrons. The highest BCUT2D eigenvalue weighted by Gasteiger charge is 2.27. The number of likely N-dealkylation sites (tertiary alicyclic amines) is 2. The summed E-state index contributed by atoms with van der Waals surface area (Å²) in [4.78, 5) is 21.1. The first kappa shape index (κ1) is 15.5. The molecule has 0 unspecified atom stereocenters. The molecule has 1 atom stereocenters. The standard InChI is InChI=1S/C16H26N4O2/c1-13-17-16(22-18-13)14-7-6-8-19(11-14)12-15(21)20-9-4-2-3-5-10-20/h14H,2-12H2,1H3/t14-/m0/s1. The van der Waals surface area contributed by atoms with Gasteiger partial charge in [-0.1, -0.05) is 18.0 Å². The summed E-state index contributed by atoms with van der Waals surface area (Å²) in [5.74, 6) is 1.97. The molecule has 2 aliphatic heterocycles. The van der Waals surface area contributed by atoms with Gasteiger partial charge in [0.15, 0.2) is 5.82 Å². The van der Waals surface area contributed by atoms with Crippen LogP contribution >= 0.6 is 0 Å². The molecule has 0 aromatic carbocycles. The Kier molecular flexibility index (Phi) is 5.08. The van der Waals surface area contributed by atoms with Gasteiger partial charge in [-0.05, 0) is 39.2 Å². The molecule has 0 aliphatic carbocycles. The van der Waals surface area contributed by atoms with Gasteiger partial charge in [0.1, 0.15) is 0 Å². The third-order valence-corrected chi connectivity index (χ3v) is 4.72. The number of carbonyl (C=O) groups is 1. The van der Waals surface area contributed by atoms with Crippen molar-refractivity contribution in [3.05, 3.63) is 11.7 Å². The smallest absolute Gasteiger partial charge is 0.236 e. The first-order chi connectivity index (χ1) is 10.7. The van der Waals surface area contributed by atoms with E-state index >= 15 is 0 Å². The minimum atomic E-state index is 0.270. The molecular weight excluding hydrogens is 280 g/mol. The Balaban J connectivity index is 1.54. The van der Waals surface area contributed by atoms with Gasteiger partial charge in [-0.2, -0.15) is 4.98 Å². The Morgan fingerprint density at radius 3 is 2.64 bits per heavy atom. The third kappa shape index (κ3) is 3.85.